The van der Waals surface area contributed by atoms with Gasteiger partial charge in [-0.1, -0.05) is 29.8 Å². The number of halogens is 1. The molecule has 2 rings (SSSR count). The third-order valence-corrected chi connectivity index (χ3v) is 5.84. The van der Waals surface area contributed by atoms with E-state index >= 15 is 0 Å². The average molecular weight is 423 g/mol. The van der Waals surface area contributed by atoms with E-state index in [1.807, 2.05) is 38.1 Å². The fourth-order valence-electron chi connectivity index (χ4n) is 2.54. The lowest BCUT2D eigenvalue weighted by molar-refractivity contribution is -0.149. The molecule has 0 aliphatic rings. The lowest BCUT2D eigenvalue weighted by atomic mass is 10.2. The third-order valence-electron chi connectivity index (χ3n) is 4.18. The Labute approximate surface area is 173 Å². The molecule has 1 aromatic heterocycles. The molecule has 0 atom stereocenters. The largest absolute Gasteiger partial charge is 0.452 e. The minimum Gasteiger partial charge on any atom is -0.452 e. The van der Waals surface area contributed by atoms with Gasteiger partial charge in [-0.05, 0) is 26.0 Å². The number of carbonyl (C=O) groups is 3. The first-order valence-corrected chi connectivity index (χ1v) is 10.1. The second-order valence-electron chi connectivity index (χ2n) is 6.03. The molecule has 0 bridgehead atoms. The first-order valence-electron chi connectivity index (χ1n) is 8.90. The molecular weight excluding hydrogens is 400 g/mol. The van der Waals surface area contributed by atoms with Gasteiger partial charge in [-0.25, -0.2) is 4.79 Å². The molecule has 8 heteroatoms. The van der Waals surface area contributed by atoms with Crippen molar-refractivity contribution >= 4 is 56.9 Å². The number of benzene rings is 1. The zero-order valence-corrected chi connectivity index (χ0v) is 17.7. The van der Waals surface area contributed by atoms with E-state index in [1.165, 1.54) is 29.4 Å². The minimum absolute atomic E-state index is 0.0503. The molecule has 28 heavy (non-hydrogen) atoms. The highest BCUT2D eigenvalue weighted by molar-refractivity contribution is 7.20. The number of likely N-dealkylation sites (N-methyl/N-ethyl adjacent to an activating group) is 2. The first-order chi connectivity index (χ1) is 13.4. The molecule has 0 saturated carbocycles. The molecule has 0 aliphatic carbocycles. The zero-order chi connectivity index (χ0) is 20.7. The molecule has 1 aromatic carbocycles. The second kappa shape index (κ2) is 10.2. The second-order valence-corrected chi connectivity index (χ2v) is 7.50. The van der Waals surface area contributed by atoms with Crippen LogP contribution in [0.1, 0.15) is 18.7 Å². The van der Waals surface area contributed by atoms with Gasteiger partial charge in [0, 0.05) is 41.2 Å². The Hall–Kier alpha value is -2.38. The van der Waals surface area contributed by atoms with Crippen LogP contribution in [0.4, 0.5) is 0 Å². The molecule has 6 nitrogen and oxygen atoms in total. The zero-order valence-electron chi connectivity index (χ0n) is 16.1. The van der Waals surface area contributed by atoms with Gasteiger partial charge in [0.2, 0.25) is 5.91 Å². The Balaban J connectivity index is 1.87. The number of rotatable bonds is 8. The minimum atomic E-state index is -0.648. The van der Waals surface area contributed by atoms with Crippen LogP contribution in [0.3, 0.4) is 0 Å². The van der Waals surface area contributed by atoms with E-state index in [2.05, 4.69) is 0 Å². The summed E-state index contributed by atoms with van der Waals surface area (Å²) in [4.78, 5) is 39.6. The highest BCUT2D eigenvalue weighted by atomic mass is 35.5. The Morgan fingerprint density at radius 2 is 1.82 bits per heavy atom. The smallest absolute Gasteiger partial charge is 0.331 e. The summed E-state index contributed by atoms with van der Waals surface area (Å²) in [6, 6.07) is 7.69. The summed E-state index contributed by atoms with van der Waals surface area (Å²) >= 11 is 7.78. The molecule has 1 heterocycles. The van der Waals surface area contributed by atoms with Gasteiger partial charge in [-0.3, -0.25) is 9.59 Å². The van der Waals surface area contributed by atoms with Crippen molar-refractivity contribution in [3.05, 3.63) is 40.2 Å². The number of esters is 1. The van der Waals surface area contributed by atoms with E-state index in [9.17, 15) is 14.4 Å². The van der Waals surface area contributed by atoms with Crippen molar-refractivity contribution in [2.75, 3.05) is 33.3 Å². The van der Waals surface area contributed by atoms with Crippen LogP contribution in [0.5, 0.6) is 0 Å². The van der Waals surface area contributed by atoms with Gasteiger partial charge >= 0.3 is 5.97 Å². The van der Waals surface area contributed by atoms with Gasteiger partial charge in [0.15, 0.2) is 6.61 Å². The predicted octanol–water partition coefficient (Wildman–Crippen LogP) is 3.44. The van der Waals surface area contributed by atoms with Crippen molar-refractivity contribution in [3.63, 3.8) is 0 Å². The van der Waals surface area contributed by atoms with Crippen LogP contribution in [0.2, 0.25) is 5.02 Å². The van der Waals surface area contributed by atoms with E-state index in [0.717, 1.165) is 15.0 Å². The van der Waals surface area contributed by atoms with E-state index in [-0.39, 0.29) is 12.5 Å². The molecule has 0 saturated heterocycles. The maximum Gasteiger partial charge on any atom is 0.331 e. The van der Waals surface area contributed by atoms with E-state index in [1.54, 1.807) is 11.0 Å². The molecule has 2 amide bonds. The standard InChI is InChI=1S/C20H23ClN2O4S/c1-4-23(5-2)17(24)12-22(3)18(25)13-27-19(26)11-10-16-20(21)14-8-6-7-9-15(14)28-16/h6-11H,4-5,12-13H2,1-3H3/b11-10+. The number of hydrogen-bond donors (Lipinski definition) is 0. The monoisotopic (exact) mass is 422 g/mol. The van der Waals surface area contributed by atoms with Crippen LogP contribution in [0.15, 0.2) is 30.3 Å². The Morgan fingerprint density at radius 3 is 2.46 bits per heavy atom. The van der Waals surface area contributed by atoms with Crippen molar-refractivity contribution in [2.24, 2.45) is 0 Å². The van der Waals surface area contributed by atoms with Crippen LogP contribution in [-0.2, 0) is 19.1 Å². The van der Waals surface area contributed by atoms with Gasteiger partial charge in [0.1, 0.15) is 0 Å². The maximum absolute atomic E-state index is 12.1. The predicted molar refractivity (Wildman–Crippen MR) is 112 cm³/mol. The van der Waals surface area contributed by atoms with Gasteiger partial charge in [0.25, 0.3) is 5.91 Å². The Morgan fingerprint density at radius 1 is 1.14 bits per heavy atom. The SMILES string of the molecule is CCN(CC)C(=O)CN(C)C(=O)COC(=O)/C=C/c1sc2ccccc2c1Cl. The van der Waals surface area contributed by atoms with Gasteiger partial charge in [0.05, 0.1) is 11.6 Å². The highest BCUT2D eigenvalue weighted by Gasteiger charge is 2.17. The average Bonchev–Trinajstić information content (AvgIpc) is 3.01. The number of carbonyl (C=O) groups excluding carboxylic acids is 3. The normalized spacial score (nSPS) is 11.0. The van der Waals surface area contributed by atoms with Gasteiger partial charge in [-0.15, -0.1) is 11.3 Å². The van der Waals surface area contributed by atoms with Crippen LogP contribution in [-0.4, -0.2) is 60.9 Å². The number of thiophene rings is 1. The fourth-order valence-corrected chi connectivity index (χ4v) is 3.94. The molecule has 0 fully saturated rings. The molecule has 0 radical (unpaired) electrons. The van der Waals surface area contributed by atoms with Crippen molar-refractivity contribution in [2.45, 2.75) is 13.8 Å². The summed E-state index contributed by atoms with van der Waals surface area (Å²) in [7, 11) is 1.50. The summed E-state index contributed by atoms with van der Waals surface area (Å²) in [6.45, 7) is 4.44. The number of ether oxygens (including phenoxy) is 1. The third kappa shape index (κ3) is 5.56. The lowest BCUT2D eigenvalue weighted by Crippen LogP contribution is -2.42. The molecule has 0 aliphatic heterocycles. The van der Waals surface area contributed by atoms with E-state index in [4.69, 9.17) is 16.3 Å². The van der Waals surface area contributed by atoms with E-state index in [0.29, 0.717) is 18.1 Å². The van der Waals surface area contributed by atoms with Crippen molar-refractivity contribution in [1.29, 1.82) is 0 Å². The fraction of sp³-hybridized carbons (Fsp3) is 0.350. The molecular formula is C20H23ClN2O4S. The Bertz CT molecular complexity index is 889. The molecule has 0 spiro atoms. The molecule has 2 aromatic rings. The number of nitrogens with zero attached hydrogens (tertiary/aromatic N) is 2. The molecule has 150 valence electrons. The van der Waals surface area contributed by atoms with E-state index < -0.39 is 18.5 Å². The summed E-state index contributed by atoms with van der Waals surface area (Å²) in [5.74, 6) is -1.24. The number of fused-ring (bicyclic) bond motifs is 1. The lowest BCUT2D eigenvalue weighted by Gasteiger charge is -2.23. The van der Waals surface area contributed by atoms with Crippen molar-refractivity contribution in [3.8, 4) is 0 Å². The van der Waals surface area contributed by atoms with Crippen LogP contribution in [0.25, 0.3) is 16.2 Å². The topological polar surface area (TPSA) is 66.9 Å². The van der Waals surface area contributed by atoms with Crippen LogP contribution >= 0.6 is 22.9 Å². The summed E-state index contributed by atoms with van der Waals surface area (Å²) in [5, 5.41) is 1.51. The van der Waals surface area contributed by atoms with Gasteiger partial charge in [-0.2, -0.15) is 0 Å². The maximum atomic E-state index is 12.1. The van der Waals surface area contributed by atoms with Gasteiger partial charge < -0.3 is 14.5 Å². The summed E-state index contributed by atoms with van der Waals surface area (Å²) in [6.07, 6.45) is 2.82. The van der Waals surface area contributed by atoms with Crippen molar-refractivity contribution in [1.82, 2.24) is 9.80 Å². The van der Waals surface area contributed by atoms with Crippen molar-refractivity contribution < 1.29 is 19.1 Å². The van der Waals surface area contributed by atoms with Crippen LogP contribution < -0.4 is 0 Å². The molecule has 0 N–H and O–H groups in total. The molecule has 0 unspecified atom stereocenters. The number of amides is 2. The summed E-state index contributed by atoms with van der Waals surface area (Å²) in [5.41, 5.74) is 0. The van der Waals surface area contributed by atoms with Crippen LogP contribution in [0, 0.1) is 0 Å². The Kier molecular flexibility index (Phi) is 8.02. The number of hydrogen-bond acceptors (Lipinski definition) is 5. The first kappa shape index (κ1) is 21.9. The summed E-state index contributed by atoms with van der Waals surface area (Å²) < 4.78 is 6.00. The highest BCUT2D eigenvalue weighted by Crippen LogP contribution is 2.35. The quantitative estimate of drug-likeness (QED) is 0.482.